The first-order valence-electron chi connectivity index (χ1n) is 4.13. The highest BCUT2D eigenvalue weighted by molar-refractivity contribution is 5.19. The van der Waals surface area contributed by atoms with Crippen LogP contribution in [0.1, 0.15) is 12.7 Å². The van der Waals surface area contributed by atoms with Gasteiger partial charge in [0.2, 0.25) is 0 Å². The van der Waals surface area contributed by atoms with Gasteiger partial charge in [0.15, 0.2) is 12.4 Å². The Balaban J connectivity index is 2.52. The lowest BCUT2D eigenvalue weighted by Gasteiger charge is -2.15. The molecule has 0 aromatic carbocycles. The first kappa shape index (κ1) is 10.8. The van der Waals surface area contributed by atoms with Gasteiger partial charge in [0.05, 0.1) is 0 Å². The number of alkyl halides is 2. The minimum absolute atomic E-state index is 0.210. The van der Waals surface area contributed by atoms with Crippen LogP contribution in [0.5, 0.6) is 5.75 Å². The van der Waals surface area contributed by atoms with Crippen LogP contribution >= 0.6 is 0 Å². The van der Waals surface area contributed by atoms with Crippen LogP contribution in [0.25, 0.3) is 0 Å². The van der Waals surface area contributed by atoms with E-state index in [-0.39, 0.29) is 5.57 Å². The number of hydrogen-bond donors (Lipinski definition) is 0. The molecule has 0 aliphatic rings. The molecule has 0 unspecified atom stereocenters. The molecule has 0 aliphatic carbocycles. The molecule has 0 fully saturated rings. The molecule has 1 aromatic heterocycles. The maximum atomic E-state index is 13.0. The third-order valence-corrected chi connectivity index (χ3v) is 1.75. The average Bonchev–Trinajstić information content (AvgIpc) is 2.48. The summed E-state index contributed by atoms with van der Waals surface area (Å²) in [5.41, 5.74) is -0.210. The second kappa shape index (κ2) is 3.82. The quantitative estimate of drug-likeness (QED) is 0.699. The van der Waals surface area contributed by atoms with Crippen molar-refractivity contribution in [2.24, 2.45) is 0 Å². The summed E-state index contributed by atoms with van der Waals surface area (Å²) in [6, 6.07) is 1.55. The molecule has 0 saturated carbocycles. The van der Waals surface area contributed by atoms with E-state index in [4.69, 9.17) is 9.15 Å². The standard InChI is InChI=1S/C10H12F2O2/c1-7(2)10(11,12)6-14-9-4-8(3)13-5-9/h4-5H,1,6H2,2-3H3. The Morgan fingerprint density at radius 1 is 1.64 bits per heavy atom. The van der Waals surface area contributed by atoms with Crippen molar-refractivity contribution in [3.63, 3.8) is 0 Å². The SMILES string of the molecule is C=C(C)C(F)(F)COc1coc(C)c1. The van der Waals surface area contributed by atoms with Crippen LogP contribution in [0, 0.1) is 6.92 Å². The summed E-state index contributed by atoms with van der Waals surface area (Å²) < 4.78 is 35.7. The number of hydrogen-bond acceptors (Lipinski definition) is 2. The molecule has 1 heterocycles. The lowest BCUT2D eigenvalue weighted by atomic mass is 10.2. The molecule has 0 aliphatic heterocycles. The van der Waals surface area contributed by atoms with E-state index in [9.17, 15) is 8.78 Å². The van der Waals surface area contributed by atoms with Crippen molar-refractivity contribution < 1.29 is 17.9 Å². The molecule has 1 rings (SSSR count). The fraction of sp³-hybridized carbons (Fsp3) is 0.400. The Hall–Kier alpha value is -1.32. The van der Waals surface area contributed by atoms with E-state index in [1.807, 2.05) is 0 Å². The summed E-state index contributed by atoms with van der Waals surface area (Å²) in [6.07, 6.45) is 1.30. The molecule has 0 amide bonds. The fourth-order valence-corrected chi connectivity index (χ4v) is 0.792. The number of halogens is 2. The molecule has 78 valence electrons. The number of furan rings is 1. The highest BCUT2D eigenvalue weighted by Crippen LogP contribution is 2.24. The van der Waals surface area contributed by atoms with Gasteiger partial charge in [0.1, 0.15) is 12.0 Å². The molecule has 2 nitrogen and oxygen atoms in total. The molecule has 14 heavy (non-hydrogen) atoms. The summed E-state index contributed by atoms with van der Waals surface area (Å²) in [4.78, 5) is 0. The third-order valence-electron chi connectivity index (χ3n) is 1.75. The van der Waals surface area contributed by atoms with Crippen molar-refractivity contribution in [3.05, 3.63) is 30.2 Å². The van der Waals surface area contributed by atoms with Crippen LogP contribution in [0.3, 0.4) is 0 Å². The predicted molar refractivity (Wildman–Crippen MR) is 48.7 cm³/mol. The maximum Gasteiger partial charge on any atom is 0.302 e. The van der Waals surface area contributed by atoms with Gasteiger partial charge in [-0.05, 0) is 19.4 Å². The van der Waals surface area contributed by atoms with E-state index in [0.717, 1.165) is 0 Å². The number of rotatable bonds is 4. The van der Waals surface area contributed by atoms with Crippen LogP contribution in [0.2, 0.25) is 0 Å². The number of aryl methyl sites for hydroxylation is 1. The Morgan fingerprint density at radius 3 is 2.71 bits per heavy atom. The van der Waals surface area contributed by atoms with Gasteiger partial charge in [-0.3, -0.25) is 0 Å². The highest BCUT2D eigenvalue weighted by Gasteiger charge is 2.31. The van der Waals surface area contributed by atoms with Crippen LogP contribution < -0.4 is 4.74 Å². The Labute approximate surface area is 81.2 Å². The first-order chi connectivity index (χ1) is 6.42. The molecular weight excluding hydrogens is 190 g/mol. The zero-order valence-corrected chi connectivity index (χ0v) is 8.14. The fourth-order valence-electron chi connectivity index (χ4n) is 0.792. The van der Waals surface area contributed by atoms with Crippen molar-refractivity contribution in [1.82, 2.24) is 0 Å². The first-order valence-corrected chi connectivity index (χ1v) is 4.13. The smallest absolute Gasteiger partial charge is 0.302 e. The molecule has 0 N–H and O–H groups in total. The minimum atomic E-state index is -2.99. The Morgan fingerprint density at radius 2 is 2.29 bits per heavy atom. The molecule has 1 aromatic rings. The van der Waals surface area contributed by atoms with E-state index in [1.165, 1.54) is 13.2 Å². The zero-order chi connectivity index (χ0) is 10.8. The van der Waals surface area contributed by atoms with E-state index in [1.54, 1.807) is 13.0 Å². The Bertz CT molecular complexity index is 329. The van der Waals surface area contributed by atoms with Crippen molar-refractivity contribution in [1.29, 1.82) is 0 Å². The second-order valence-electron chi connectivity index (χ2n) is 3.17. The van der Waals surface area contributed by atoms with E-state index >= 15 is 0 Å². The van der Waals surface area contributed by atoms with Crippen LogP contribution in [0.15, 0.2) is 28.9 Å². The van der Waals surface area contributed by atoms with Gasteiger partial charge in [0, 0.05) is 6.07 Å². The molecule has 0 saturated heterocycles. The molecule has 0 radical (unpaired) electrons. The zero-order valence-electron chi connectivity index (χ0n) is 8.14. The normalized spacial score (nSPS) is 11.4. The molecule has 4 heteroatoms. The lowest BCUT2D eigenvalue weighted by molar-refractivity contribution is -0.00571. The number of ether oxygens (including phenoxy) is 1. The third kappa shape index (κ3) is 2.58. The van der Waals surface area contributed by atoms with Gasteiger partial charge in [-0.2, -0.15) is 8.78 Å². The van der Waals surface area contributed by atoms with Crippen molar-refractivity contribution >= 4 is 0 Å². The van der Waals surface area contributed by atoms with Gasteiger partial charge in [0.25, 0.3) is 0 Å². The minimum Gasteiger partial charge on any atom is -0.484 e. The summed E-state index contributed by atoms with van der Waals surface area (Å²) in [5, 5.41) is 0. The predicted octanol–water partition coefficient (Wildman–Crippen LogP) is 3.18. The van der Waals surface area contributed by atoms with Crippen molar-refractivity contribution in [2.45, 2.75) is 19.8 Å². The van der Waals surface area contributed by atoms with E-state index < -0.39 is 12.5 Å². The summed E-state index contributed by atoms with van der Waals surface area (Å²) in [5.74, 6) is -2.06. The van der Waals surface area contributed by atoms with Crippen LogP contribution in [0.4, 0.5) is 8.78 Å². The summed E-state index contributed by atoms with van der Waals surface area (Å²) >= 11 is 0. The van der Waals surface area contributed by atoms with Crippen molar-refractivity contribution in [2.75, 3.05) is 6.61 Å². The second-order valence-corrected chi connectivity index (χ2v) is 3.17. The van der Waals surface area contributed by atoms with Gasteiger partial charge in [-0.25, -0.2) is 0 Å². The average molecular weight is 202 g/mol. The lowest BCUT2D eigenvalue weighted by Crippen LogP contribution is -2.26. The van der Waals surface area contributed by atoms with Gasteiger partial charge in [-0.15, -0.1) is 0 Å². The summed E-state index contributed by atoms with van der Waals surface area (Å²) in [7, 11) is 0. The van der Waals surface area contributed by atoms with Gasteiger partial charge < -0.3 is 9.15 Å². The molecule has 0 spiro atoms. The molecule has 0 atom stereocenters. The van der Waals surface area contributed by atoms with Crippen molar-refractivity contribution in [3.8, 4) is 5.75 Å². The van der Waals surface area contributed by atoms with Gasteiger partial charge in [-0.1, -0.05) is 6.58 Å². The Kier molecular flexibility index (Phi) is 2.93. The summed E-state index contributed by atoms with van der Waals surface area (Å²) in [6.45, 7) is 5.46. The van der Waals surface area contributed by atoms with Crippen LogP contribution in [-0.2, 0) is 0 Å². The topological polar surface area (TPSA) is 22.4 Å². The largest absolute Gasteiger partial charge is 0.484 e. The van der Waals surface area contributed by atoms with Crippen LogP contribution in [-0.4, -0.2) is 12.5 Å². The molecule has 0 bridgehead atoms. The molecular formula is C10H12F2O2. The maximum absolute atomic E-state index is 13.0. The van der Waals surface area contributed by atoms with E-state index in [0.29, 0.717) is 11.5 Å². The van der Waals surface area contributed by atoms with E-state index in [2.05, 4.69) is 6.58 Å². The highest BCUT2D eigenvalue weighted by atomic mass is 19.3. The van der Waals surface area contributed by atoms with Gasteiger partial charge >= 0.3 is 5.92 Å². The monoisotopic (exact) mass is 202 g/mol.